The zero-order chi connectivity index (χ0) is 10.6. The highest BCUT2D eigenvalue weighted by Gasteiger charge is 2.22. The molecule has 0 amide bonds. The Labute approximate surface area is 89.9 Å². The van der Waals surface area contributed by atoms with Crippen LogP contribution in [0.25, 0.3) is 0 Å². The lowest BCUT2D eigenvalue weighted by molar-refractivity contribution is 0.233. The van der Waals surface area contributed by atoms with E-state index in [1.807, 2.05) is 0 Å². The van der Waals surface area contributed by atoms with Gasteiger partial charge in [0.15, 0.2) is 0 Å². The standard InChI is InChI=1S/C13H27N/c1-11(2)6-5-7-13(4)14-9-8-12(3)10-14/h11-13H,5-10H2,1-4H3. The van der Waals surface area contributed by atoms with E-state index < -0.39 is 0 Å². The molecule has 1 saturated heterocycles. The third-order valence-corrected chi connectivity index (χ3v) is 3.48. The molecular formula is C13H27N. The quantitative estimate of drug-likeness (QED) is 0.651. The summed E-state index contributed by atoms with van der Waals surface area (Å²) in [6.07, 6.45) is 5.61. The minimum Gasteiger partial charge on any atom is -0.300 e. The summed E-state index contributed by atoms with van der Waals surface area (Å²) in [5, 5.41) is 0. The summed E-state index contributed by atoms with van der Waals surface area (Å²) >= 11 is 0. The fraction of sp³-hybridized carbons (Fsp3) is 1.00. The average molecular weight is 197 g/mol. The second kappa shape index (κ2) is 5.75. The van der Waals surface area contributed by atoms with Crippen molar-refractivity contribution < 1.29 is 0 Å². The minimum absolute atomic E-state index is 0.818. The van der Waals surface area contributed by atoms with E-state index in [9.17, 15) is 0 Å². The van der Waals surface area contributed by atoms with Crippen LogP contribution in [0.3, 0.4) is 0 Å². The summed E-state index contributed by atoms with van der Waals surface area (Å²) in [6.45, 7) is 12.1. The van der Waals surface area contributed by atoms with Crippen molar-refractivity contribution in [2.24, 2.45) is 11.8 Å². The molecular weight excluding hydrogens is 170 g/mol. The Bertz CT molecular complexity index is 153. The zero-order valence-electron chi connectivity index (χ0n) is 10.4. The van der Waals surface area contributed by atoms with Crippen molar-refractivity contribution >= 4 is 0 Å². The minimum atomic E-state index is 0.818. The second-order valence-electron chi connectivity index (χ2n) is 5.56. The molecule has 2 atom stereocenters. The molecule has 1 heteroatoms. The molecule has 2 unspecified atom stereocenters. The Morgan fingerprint density at radius 2 is 1.93 bits per heavy atom. The summed E-state index contributed by atoms with van der Waals surface area (Å²) in [7, 11) is 0. The van der Waals surface area contributed by atoms with E-state index >= 15 is 0 Å². The molecule has 1 nitrogen and oxygen atoms in total. The first kappa shape index (κ1) is 12.0. The van der Waals surface area contributed by atoms with E-state index in [2.05, 4.69) is 32.6 Å². The van der Waals surface area contributed by atoms with Gasteiger partial charge < -0.3 is 4.90 Å². The van der Waals surface area contributed by atoms with Gasteiger partial charge in [-0.2, -0.15) is 0 Å². The Morgan fingerprint density at radius 3 is 2.43 bits per heavy atom. The van der Waals surface area contributed by atoms with E-state index in [1.165, 1.54) is 38.8 Å². The first-order valence-electron chi connectivity index (χ1n) is 6.33. The highest BCUT2D eigenvalue weighted by Crippen LogP contribution is 2.20. The summed E-state index contributed by atoms with van der Waals surface area (Å²) in [4.78, 5) is 2.67. The van der Waals surface area contributed by atoms with Crippen molar-refractivity contribution in [3.05, 3.63) is 0 Å². The van der Waals surface area contributed by atoms with Gasteiger partial charge in [0.1, 0.15) is 0 Å². The van der Waals surface area contributed by atoms with Gasteiger partial charge in [0.2, 0.25) is 0 Å². The van der Waals surface area contributed by atoms with Gasteiger partial charge in [-0.15, -0.1) is 0 Å². The van der Waals surface area contributed by atoms with Crippen LogP contribution in [0.4, 0.5) is 0 Å². The molecule has 0 aromatic carbocycles. The fourth-order valence-corrected chi connectivity index (χ4v) is 2.37. The molecule has 0 aliphatic carbocycles. The lowest BCUT2D eigenvalue weighted by atomic mass is 10.0. The smallest absolute Gasteiger partial charge is 0.00670 e. The zero-order valence-corrected chi connectivity index (χ0v) is 10.4. The molecule has 0 saturated carbocycles. The van der Waals surface area contributed by atoms with Gasteiger partial charge in [-0.3, -0.25) is 0 Å². The van der Waals surface area contributed by atoms with Gasteiger partial charge in [-0.25, -0.2) is 0 Å². The van der Waals surface area contributed by atoms with Crippen LogP contribution in [0.2, 0.25) is 0 Å². The third kappa shape index (κ3) is 4.00. The number of nitrogens with zero attached hydrogens (tertiary/aromatic N) is 1. The Morgan fingerprint density at radius 1 is 1.21 bits per heavy atom. The van der Waals surface area contributed by atoms with Gasteiger partial charge in [-0.05, 0) is 38.1 Å². The van der Waals surface area contributed by atoms with Gasteiger partial charge in [0, 0.05) is 12.6 Å². The molecule has 1 heterocycles. The summed E-state index contributed by atoms with van der Waals surface area (Å²) in [5.41, 5.74) is 0. The van der Waals surface area contributed by atoms with Crippen molar-refractivity contribution in [3.63, 3.8) is 0 Å². The number of likely N-dealkylation sites (tertiary alicyclic amines) is 1. The maximum absolute atomic E-state index is 2.67. The van der Waals surface area contributed by atoms with Gasteiger partial charge in [0.25, 0.3) is 0 Å². The fourth-order valence-electron chi connectivity index (χ4n) is 2.37. The molecule has 1 fully saturated rings. The molecule has 1 aliphatic rings. The van der Waals surface area contributed by atoms with E-state index in [0.717, 1.165) is 17.9 Å². The summed E-state index contributed by atoms with van der Waals surface area (Å²) < 4.78 is 0. The molecule has 14 heavy (non-hydrogen) atoms. The van der Waals surface area contributed by atoms with Crippen molar-refractivity contribution in [3.8, 4) is 0 Å². The Balaban J connectivity index is 2.12. The third-order valence-electron chi connectivity index (χ3n) is 3.48. The van der Waals surface area contributed by atoms with Crippen LogP contribution in [0.1, 0.15) is 53.4 Å². The van der Waals surface area contributed by atoms with Crippen molar-refractivity contribution in [2.75, 3.05) is 13.1 Å². The van der Waals surface area contributed by atoms with Gasteiger partial charge in [-0.1, -0.05) is 33.6 Å². The van der Waals surface area contributed by atoms with Crippen molar-refractivity contribution in [1.29, 1.82) is 0 Å². The van der Waals surface area contributed by atoms with Crippen LogP contribution in [0.5, 0.6) is 0 Å². The topological polar surface area (TPSA) is 3.24 Å². The monoisotopic (exact) mass is 197 g/mol. The lowest BCUT2D eigenvalue weighted by Gasteiger charge is -2.24. The molecule has 0 N–H and O–H groups in total. The van der Waals surface area contributed by atoms with E-state index in [1.54, 1.807) is 0 Å². The number of rotatable bonds is 5. The summed E-state index contributed by atoms with van der Waals surface area (Å²) in [6, 6.07) is 0.818. The molecule has 1 aliphatic heterocycles. The molecule has 0 aromatic rings. The highest BCUT2D eigenvalue weighted by molar-refractivity contribution is 4.77. The maximum atomic E-state index is 2.67. The molecule has 84 valence electrons. The predicted molar refractivity (Wildman–Crippen MR) is 63.5 cm³/mol. The first-order chi connectivity index (χ1) is 6.59. The molecule has 1 rings (SSSR count). The van der Waals surface area contributed by atoms with Crippen LogP contribution in [0.15, 0.2) is 0 Å². The highest BCUT2D eigenvalue weighted by atomic mass is 15.2. The van der Waals surface area contributed by atoms with Crippen LogP contribution < -0.4 is 0 Å². The largest absolute Gasteiger partial charge is 0.300 e. The van der Waals surface area contributed by atoms with Crippen LogP contribution in [0, 0.1) is 11.8 Å². The van der Waals surface area contributed by atoms with E-state index in [-0.39, 0.29) is 0 Å². The number of hydrogen-bond donors (Lipinski definition) is 0. The average Bonchev–Trinajstić information content (AvgIpc) is 2.51. The Hall–Kier alpha value is -0.0400. The first-order valence-corrected chi connectivity index (χ1v) is 6.33. The maximum Gasteiger partial charge on any atom is 0.00670 e. The molecule has 0 spiro atoms. The molecule has 0 bridgehead atoms. The normalized spacial score (nSPS) is 25.9. The van der Waals surface area contributed by atoms with Gasteiger partial charge >= 0.3 is 0 Å². The summed E-state index contributed by atoms with van der Waals surface area (Å²) in [5.74, 6) is 1.81. The van der Waals surface area contributed by atoms with Crippen LogP contribution >= 0.6 is 0 Å². The predicted octanol–water partition coefficient (Wildman–Crippen LogP) is 3.54. The van der Waals surface area contributed by atoms with E-state index in [4.69, 9.17) is 0 Å². The van der Waals surface area contributed by atoms with E-state index in [0.29, 0.717) is 0 Å². The number of hydrogen-bond acceptors (Lipinski definition) is 1. The van der Waals surface area contributed by atoms with Crippen LogP contribution in [-0.2, 0) is 0 Å². The SMILES string of the molecule is CC(C)CCCC(C)N1CCC(C)C1. The van der Waals surface area contributed by atoms with Crippen molar-refractivity contribution in [1.82, 2.24) is 4.90 Å². The van der Waals surface area contributed by atoms with Gasteiger partial charge in [0.05, 0.1) is 0 Å². The molecule has 0 aromatic heterocycles. The second-order valence-corrected chi connectivity index (χ2v) is 5.56. The Kier molecular flexibility index (Phi) is 4.94. The van der Waals surface area contributed by atoms with Crippen LogP contribution in [-0.4, -0.2) is 24.0 Å². The van der Waals surface area contributed by atoms with Crippen molar-refractivity contribution in [2.45, 2.75) is 59.4 Å². The molecule has 0 radical (unpaired) electrons. The lowest BCUT2D eigenvalue weighted by Crippen LogP contribution is -2.30.